The predicted molar refractivity (Wildman–Crippen MR) is 57.1 cm³/mol. The average Bonchev–Trinajstić information content (AvgIpc) is 2.21. The Kier molecular flexibility index (Phi) is 6.76. The van der Waals surface area contributed by atoms with Crippen molar-refractivity contribution in [2.75, 3.05) is 0 Å². The minimum atomic E-state index is 0. The van der Waals surface area contributed by atoms with E-state index in [2.05, 4.69) is 0 Å². The largest absolute Gasteiger partial charge is 1.00 e. The summed E-state index contributed by atoms with van der Waals surface area (Å²) in [6, 6.07) is 1.49. The van der Waals surface area contributed by atoms with Crippen LogP contribution in [0.4, 0.5) is 0 Å². The quantitative estimate of drug-likeness (QED) is 0.595. The van der Waals surface area contributed by atoms with Gasteiger partial charge in [0.05, 0.1) is 0 Å². The van der Waals surface area contributed by atoms with Crippen LogP contribution in [0.15, 0.2) is 0 Å². The molecule has 0 radical (unpaired) electrons. The van der Waals surface area contributed by atoms with Crippen LogP contribution in [0.1, 0.15) is 64.2 Å². The zero-order valence-electron chi connectivity index (χ0n) is 9.67. The molecule has 0 atom stereocenters. The number of nitrogens with zero attached hydrogens (tertiary/aromatic N) is 1. The van der Waals surface area contributed by atoms with Gasteiger partial charge in [-0.05, 0) is 0 Å². The van der Waals surface area contributed by atoms with E-state index < -0.39 is 0 Å². The van der Waals surface area contributed by atoms with Gasteiger partial charge < -0.3 is 5.32 Å². The molecule has 2 aliphatic carbocycles. The minimum Gasteiger partial charge on any atom is -0.657 e. The molecule has 1 nitrogen and oxygen atoms in total. The van der Waals surface area contributed by atoms with Crippen LogP contribution in [0.25, 0.3) is 5.32 Å². The van der Waals surface area contributed by atoms with Crippen molar-refractivity contribution in [3.63, 3.8) is 0 Å². The third kappa shape index (κ3) is 4.22. The Morgan fingerprint density at radius 1 is 0.571 bits per heavy atom. The van der Waals surface area contributed by atoms with Crippen LogP contribution in [0, 0.1) is 0 Å². The van der Waals surface area contributed by atoms with E-state index >= 15 is 0 Å². The van der Waals surface area contributed by atoms with Gasteiger partial charge in [-0.1, -0.05) is 64.2 Å². The molecular formula is C12H22NNa. The molecule has 0 amide bonds. The first kappa shape index (κ1) is 13.0. The van der Waals surface area contributed by atoms with Crippen LogP contribution < -0.4 is 29.6 Å². The fourth-order valence-corrected chi connectivity index (χ4v) is 2.76. The van der Waals surface area contributed by atoms with E-state index in [9.17, 15) is 0 Å². The predicted octanol–water partition coefficient (Wildman–Crippen LogP) is 1.03. The van der Waals surface area contributed by atoms with Gasteiger partial charge in [0.15, 0.2) is 0 Å². The first-order chi connectivity index (χ1) is 6.45. The van der Waals surface area contributed by atoms with Gasteiger partial charge in [-0.25, -0.2) is 0 Å². The molecule has 2 heteroatoms. The van der Waals surface area contributed by atoms with Crippen molar-refractivity contribution < 1.29 is 29.6 Å². The molecule has 0 aromatic heterocycles. The minimum absolute atomic E-state index is 0. The average molecular weight is 203 g/mol. The van der Waals surface area contributed by atoms with Gasteiger partial charge in [0.25, 0.3) is 0 Å². The van der Waals surface area contributed by atoms with Crippen molar-refractivity contribution >= 4 is 0 Å². The van der Waals surface area contributed by atoms with Crippen LogP contribution in [0.2, 0.25) is 0 Å². The maximum absolute atomic E-state index is 5.00. The molecule has 2 saturated carbocycles. The Balaban J connectivity index is 0.000000980. The summed E-state index contributed by atoms with van der Waals surface area (Å²) in [6.45, 7) is 0. The Hall–Kier alpha value is 0.960. The van der Waals surface area contributed by atoms with Crippen LogP contribution in [0.5, 0.6) is 0 Å². The molecule has 0 N–H and O–H groups in total. The van der Waals surface area contributed by atoms with E-state index in [1.165, 1.54) is 64.2 Å². The van der Waals surface area contributed by atoms with Crippen LogP contribution in [-0.2, 0) is 0 Å². The molecule has 0 saturated heterocycles. The normalized spacial score (nSPS) is 25.7. The van der Waals surface area contributed by atoms with Gasteiger partial charge in [-0.15, -0.1) is 12.1 Å². The fraction of sp³-hybridized carbons (Fsp3) is 1.00. The Bertz CT molecular complexity index is 121. The number of hydrogen-bond donors (Lipinski definition) is 0. The van der Waals surface area contributed by atoms with Gasteiger partial charge in [0, 0.05) is 0 Å². The zero-order chi connectivity index (χ0) is 8.93. The molecule has 2 rings (SSSR count). The Morgan fingerprint density at radius 2 is 0.929 bits per heavy atom. The van der Waals surface area contributed by atoms with Gasteiger partial charge in [0.2, 0.25) is 0 Å². The van der Waals surface area contributed by atoms with E-state index in [-0.39, 0.29) is 29.6 Å². The van der Waals surface area contributed by atoms with Gasteiger partial charge in [0.1, 0.15) is 0 Å². The molecule has 0 unspecified atom stereocenters. The summed E-state index contributed by atoms with van der Waals surface area (Å²) in [4.78, 5) is 0. The van der Waals surface area contributed by atoms with Crippen LogP contribution in [0.3, 0.4) is 0 Å². The molecule has 0 aromatic rings. The summed E-state index contributed by atoms with van der Waals surface area (Å²) in [5.74, 6) is 0. The van der Waals surface area contributed by atoms with Crippen molar-refractivity contribution in [2.24, 2.45) is 0 Å². The van der Waals surface area contributed by atoms with E-state index in [4.69, 9.17) is 5.32 Å². The molecule has 2 aliphatic rings. The smallest absolute Gasteiger partial charge is 0.657 e. The fourth-order valence-electron chi connectivity index (χ4n) is 2.76. The molecule has 0 bridgehead atoms. The molecule has 14 heavy (non-hydrogen) atoms. The summed E-state index contributed by atoms with van der Waals surface area (Å²) >= 11 is 0. The van der Waals surface area contributed by atoms with Crippen LogP contribution in [-0.4, -0.2) is 12.1 Å². The maximum atomic E-state index is 5.00. The third-order valence-corrected chi connectivity index (χ3v) is 3.57. The van der Waals surface area contributed by atoms with Gasteiger partial charge in [-0.2, -0.15) is 0 Å². The molecule has 0 heterocycles. The molecule has 0 spiro atoms. The first-order valence-corrected chi connectivity index (χ1v) is 6.15. The second-order valence-corrected chi connectivity index (χ2v) is 4.73. The van der Waals surface area contributed by atoms with Crippen molar-refractivity contribution in [1.82, 2.24) is 0 Å². The van der Waals surface area contributed by atoms with Crippen molar-refractivity contribution in [1.29, 1.82) is 0 Å². The molecule has 0 aromatic carbocycles. The van der Waals surface area contributed by atoms with Gasteiger partial charge in [-0.3, -0.25) is 0 Å². The summed E-state index contributed by atoms with van der Waals surface area (Å²) < 4.78 is 0. The van der Waals surface area contributed by atoms with Crippen molar-refractivity contribution in [3.8, 4) is 0 Å². The number of hydrogen-bond acceptors (Lipinski definition) is 0. The van der Waals surface area contributed by atoms with Gasteiger partial charge >= 0.3 is 29.6 Å². The summed E-state index contributed by atoms with van der Waals surface area (Å²) in [5.41, 5.74) is 0. The summed E-state index contributed by atoms with van der Waals surface area (Å²) in [6.07, 6.45) is 14.2. The maximum Gasteiger partial charge on any atom is 1.00 e. The molecule has 0 aliphatic heterocycles. The summed E-state index contributed by atoms with van der Waals surface area (Å²) in [7, 11) is 0. The zero-order valence-corrected chi connectivity index (χ0v) is 11.7. The Morgan fingerprint density at radius 3 is 1.29 bits per heavy atom. The SMILES string of the molecule is C1CCC([N-]C2CCCCC2)CC1.[Na+]. The second-order valence-electron chi connectivity index (χ2n) is 4.73. The van der Waals surface area contributed by atoms with Crippen molar-refractivity contribution in [3.05, 3.63) is 5.32 Å². The Labute approximate surface area is 111 Å². The third-order valence-electron chi connectivity index (χ3n) is 3.57. The molecule has 76 valence electrons. The molecule has 2 fully saturated rings. The first-order valence-electron chi connectivity index (χ1n) is 6.15. The van der Waals surface area contributed by atoms with Crippen molar-refractivity contribution in [2.45, 2.75) is 76.3 Å². The summed E-state index contributed by atoms with van der Waals surface area (Å²) in [5, 5.41) is 5.00. The van der Waals surface area contributed by atoms with E-state index in [1.807, 2.05) is 0 Å². The van der Waals surface area contributed by atoms with E-state index in [0.29, 0.717) is 0 Å². The number of rotatable bonds is 2. The standard InChI is InChI=1S/C12H22N.Na/c1-3-7-11(8-4-1)13-12-9-5-2-6-10-12;/h11-12H,1-10H2;/q-1;+1. The second kappa shape index (κ2) is 7.27. The molecular weight excluding hydrogens is 181 g/mol. The van der Waals surface area contributed by atoms with E-state index in [0.717, 1.165) is 12.1 Å². The van der Waals surface area contributed by atoms with E-state index in [1.54, 1.807) is 0 Å². The van der Waals surface area contributed by atoms with Crippen LogP contribution >= 0.6 is 0 Å². The topological polar surface area (TPSA) is 14.1 Å². The monoisotopic (exact) mass is 203 g/mol.